The van der Waals surface area contributed by atoms with Crippen LogP contribution >= 0.6 is 0 Å². The van der Waals surface area contributed by atoms with Gasteiger partial charge >= 0.3 is 0 Å². The van der Waals surface area contributed by atoms with Crippen molar-refractivity contribution in [3.63, 3.8) is 0 Å². The van der Waals surface area contributed by atoms with E-state index in [1.807, 2.05) is 12.1 Å². The molecule has 1 N–H and O–H groups in total. The van der Waals surface area contributed by atoms with E-state index in [9.17, 15) is 0 Å². The van der Waals surface area contributed by atoms with Gasteiger partial charge in [-0.05, 0) is 38.0 Å². The summed E-state index contributed by atoms with van der Waals surface area (Å²) in [5.41, 5.74) is 1.13. The van der Waals surface area contributed by atoms with Crippen molar-refractivity contribution in [2.45, 2.75) is 39.3 Å². The lowest BCUT2D eigenvalue weighted by atomic mass is 10.1. The molecule has 0 aromatic heterocycles. The van der Waals surface area contributed by atoms with Gasteiger partial charge in [0.05, 0.1) is 12.2 Å². The molecule has 1 rings (SSSR count). The maximum Gasteiger partial charge on any atom is 0.119 e. The van der Waals surface area contributed by atoms with Gasteiger partial charge in [0, 0.05) is 20.2 Å². The van der Waals surface area contributed by atoms with Crippen LogP contribution in [0.3, 0.4) is 0 Å². The van der Waals surface area contributed by atoms with Crippen LogP contribution in [0, 0.1) is 0 Å². The molecule has 3 nitrogen and oxygen atoms in total. The third-order valence-electron chi connectivity index (χ3n) is 2.83. The lowest BCUT2D eigenvalue weighted by molar-refractivity contribution is 0.0230. The van der Waals surface area contributed by atoms with E-state index in [0.717, 1.165) is 31.9 Å². The van der Waals surface area contributed by atoms with Crippen LogP contribution in [0.1, 0.15) is 32.8 Å². The first kappa shape index (κ1) is 15.0. The minimum absolute atomic E-state index is 0.121. The molecule has 0 aliphatic rings. The molecule has 102 valence electrons. The summed E-state index contributed by atoms with van der Waals surface area (Å²) in [7, 11) is 1.74. The Morgan fingerprint density at radius 2 is 1.83 bits per heavy atom. The number of methoxy groups -OCH3 is 1. The Balaban J connectivity index is 2.35. The molecule has 0 saturated carbocycles. The van der Waals surface area contributed by atoms with Gasteiger partial charge in [0.1, 0.15) is 5.75 Å². The molecular formula is C15H25NO2. The minimum Gasteiger partial charge on any atom is -0.494 e. The van der Waals surface area contributed by atoms with Crippen LogP contribution < -0.4 is 10.1 Å². The Bertz CT molecular complexity index is 333. The Morgan fingerprint density at radius 3 is 2.39 bits per heavy atom. The predicted octanol–water partition coefficient (Wildman–Crippen LogP) is 2.99. The van der Waals surface area contributed by atoms with Gasteiger partial charge in [-0.1, -0.05) is 19.1 Å². The minimum atomic E-state index is -0.121. The fourth-order valence-electron chi connectivity index (χ4n) is 1.50. The maximum absolute atomic E-state index is 5.55. The van der Waals surface area contributed by atoms with Crippen LogP contribution in [-0.2, 0) is 11.3 Å². The molecule has 0 amide bonds. The lowest BCUT2D eigenvalue weighted by Gasteiger charge is -2.23. The maximum atomic E-state index is 5.55. The molecular weight excluding hydrogens is 226 g/mol. The number of ether oxygens (including phenoxy) is 2. The first-order valence-electron chi connectivity index (χ1n) is 6.55. The highest BCUT2D eigenvalue weighted by molar-refractivity contribution is 5.27. The van der Waals surface area contributed by atoms with Crippen molar-refractivity contribution >= 4 is 0 Å². The van der Waals surface area contributed by atoms with Gasteiger partial charge in [0.2, 0.25) is 0 Å². The number of benzene rings is 1. The highest BCUT2D eigenvalue weighted by atomic mass is 16.5. The van der Waals surface area contributed by atoms with Gasteiger partial charge in [-0.25, -0.2) is 0 Å². The first-order valence-corrected chi connectivity index (χ1v) is 6.55. The summed E-state index contributed by atoms with van der Waals surface area (Å²) in [5.74, 6) is 0.942. The van der Waals surface area contributed by atoms with Gasteiger partial charge in [0.15, 0.2) is 0 Å². The molecule has 0 saturated heterocycles. The SMILES string of the molecule is CCCOc1ccc(CNCC(C)(C)OC)cc1. The van der Waals surface area contributed by atoms with E-state index in [4.69, 9.17) is 9.47 Å². The quantitative estimate of drug-likeness (QED) is 0.770. The molecule has 0 aliphatic heterocycles. The summed E-state index contributed by atoms with van der Waals surface area (Å²) in [4.78, 5) is 0. The van der Waals surface area contributed by atoms with Crippen LogP contribution in [0.4, 0.5) is 0 Å². The zero-order valence-corrected chi connectivity index (χ0v) is 12.0. The fraction of sp³-hybridized carbons (Fsp3) is 0.600. The average molecular weight is 251 g/mol. The molecule has 0 atom stereocenters. The van der Waals surface area contributed by atoms with E-state index in [0.29, 0.717) is 0 Å². The second kappa shape index (κ2) is 7.39. The standard InChI is InChI=1S/C15H25NO2/c1-5-10-18-14-8-6-13(7-9-14)11-16-12-15(2,3)17-4/h6-9,16H,5,10-12H2,1-4H3. The van der Waals surface area contributed by atoms with E-state index in [2.05, 4.69) is 38.2 Å². The summed E-state index contributed by atoms with van der Waals surface area (Å²) < 4.78 is 10.9. The fourth-order valence-corrected chi connectivity index (χ4v) is 1.50. The molecule has 3 heteroatoms. The van der Waals surface area contributed by atoms with Gasteiger partial charge < -0.3 is 14.8 Å². The van der Waals surface area contributed by atoms with Crippen molar-refractivity contribution in [1.82, 2.24) is 5.32 Å². The Hall–Kier alpha value is -1.06. The van der Waals surface area contributed by atoms with Crippen LogP contribution in [0.2, 0.25) is 0 Å². The van der Waals surface area contributed by atoms with Crippen LogP contribution in [0.5, 0.6) is 5.75 Å². The number of hydrogen-bond donors (Lipinski definition) is 1. The number of rotatable bonds is 8. The van der Waals surface area contributed by atoms with Crippen LogP contribution in [0.15, 0.2) is 24.3 Å². The molecule has 0 fully saturated rings. The summed E-state index contributed by atoms with van der Waals surface area (Å²) >= 11 is 0. The molecule has 0 unspecified atom stereocenters. The monoisotopic (exact) mass is 251 g/mol. The van der Waals surface area contributed by atoms with Gasteiger partial charge in [0.25, 0.3) is 0 Å². The van der Waals surface area contributed by atoms with E-state index >= 15 is 0 Å². The summed E-state index contributed by atoms with van der Waals surface area (Å²) in [5, 5.41) is 3.39. The topological polar surface area (TPSA) is 30.5 Å². The van der Waals surface area contributed by atoms with Crippen molar-refractivity contribution in [2.24, 2.45) is 0 Å². The van der Waals surface area contributed by atoms with Crippen molar-refractivity contribution in [2.75, 3.05) is 20.3 Å². The predicted molar refractivity (Wildman–Crippen MR) is 75.0 cm³/mol. The van der Waals surface area contributed by atoms with E-state index in [1.54, 1.807) is 7.11 Å². The van der Waals surface area contributed by atoms with Gasteiger partial charge in [-0.2, -0.15) is 0 Å². The lowest BCUT2D eigenvalue weighted by Crippen LogP contribution is -2.36. The molecule has 0 spiro atoms. The molecule has 0 bridgehead atoms. The van der Waals surface area contributed by atoms with E-state index in [-0.39, 0.29) is 5.60 Å². The zero-order valence-electron chi connectivity index (χ0n) is 12.0. The first-order chi connectivity index (χ1) is 8.57. The van der Waals surface area contributed by atoms with Crippen LogP contribution in [0.25, 0.3) is 0 Å². The average Bonchev–Trinajstić information content (AvgIpc) is 2.38. The second-order valence-electron chi connectivity index (χ2n) is 5.06. The molecule has 1 aromatic carbocycles. The third-order valence-corrected chi connectivity index (χ3v) is 2.83. The Kier molecular flexibility index (Phi) is 6.16. The number of nitrogens with one attached hydrogen (secondary N) is 1. The van der Waals surface area contributed by atoms with E-state index in [1.165, 1.54) is 5.56 Å². The van der Waals surface area contributed by atoms with Gasteiger partial charge in [-0.3, -0.25) is 0 Å². The van der Waals surface area contributed by atoms with Crippen LogP contribution in [-0.4, -0.2) is 25.9 Å². The molecule has 0 radical (unpaired) electrons. The van der Waals surface area contributed by atoms with Crippen molar-refractivity contribution in [3.05, 3.63) is 29.8 Å². The second-order valence-corrected chi connectivity index (χ2v) is 5.06. The van der Waals surface area contributed by atoms with Crippen molar-refractivity contribution in [1.29, 1.82) is 0 Å². The van der Waals surface area contributed by atoms with Crippen molar-refractivity contribution in [3.8, 4) is 5.75 Å². The summed E-state index contributed by atoms with van der Waals surface area (Å²) in [6.07, 6.45) is 1.04. The molecule has 0 heterocycles. The smallest absolute Gasteiger partial charge is 0.119 e. The highest BCUT2D eigenvalue weighted by Crippen LogP contribution is 2.12. The highest BCUT2D eigenvalue weighted by Gasteiger charge is 2.14. The van der Waals surface area contributed by atoms with Gasteiger partial charge in [-0.15, -0.1) is 0 Å². The third kappa shape index (κ3) is 5.52. The summed E-state index contributed by atoms with van der Waals surface area (Å²) in [6.45, 7) is 8.71. The molecule has 18 heavy (non-hydrogen) atoms. The molecule has 1 aromatic rings. The normalized spacial score (nSPS) is 11.6. The van der Waals surface area contributed by atoms with E-state index < -0.39 is 0 Å². The zero-order chi connectivity index (χ0) is 13.4. The Morgan fingerprint density at radius 1 is 1.17 bits per heavy atom. The summed E-state index contributed by atoms with van der Waals surface area (Å²) in [6, 6.07) is 8.23. The Labute approximate surface area is 110 Å². The largest absolute Gasteiger partial charge is 0.494 e. The number of hydrogen-bond acceptors (Lipinski definition) is 3. The molecule has 0 aliphatic carbocycles. The van der Waals surface area contributed by atoms with Crippen molar-refractivity contribution < 1.29 is 9.47 Å².